The van der Waals surface area contributed by atoms with Gasteiger partial charge in [-0.25, -0.2) is 0 Å². The van der Waals surface area contributed by atoms with Gasteiger partial charge in [-0.2, -0.15) is 0 Å². The summed E-state index contributed by atoms with van der Waals surface area (Å²) in [6.07, 6.45) is 0. The molecule has 0 saturated heterocycles. The van der Waals surface area contributed by atoms with Crippen LogP contribution in [0.5, 0.6) is 0 Å². The molecular weight excluding hydrogens is 434 g/mol. The first kappa shape index (κ1) is 18.7. The summed E-state index contributed by atoms with van der Waals surface area (Å²) in [5.74, 6) is 0. The lowest BCUT2D eigenvalue weighted by Crippen LogP contribution is -2.26. The van der Waals surface area contributed by atoms with E-state index in [0.29, 0.717) is 0 Å². The molecule has 0 unspecified atom stereocenters. The molecule has 2 aliphatic rings. The maximum absolute atomic E-state index is 3.87. The molecule has 0 saturated carbocycles. The van der Waals surface area contributed by atoms with E-state index < -0.39 is 0 Å². The number of benzene rings is 6. The van der Waals surface area contributed by atoms with E-state index >= 15 is 0 Å². The lowest BCUT2D eigenvalue weighted by atomic mass is 9.70. The fourth-order valence-electron chi connectivity index (χ4n) is 7.32. The monoisotopic (exact) mass is 455 g/mol. The number of hydrogen-bond acceptors (Lipinski definition) is 0. The van der Waals surface area contributed by atoms with E-state index in [1.54, 1.807) is 0 Å². The number of nitrogens with one attached hydrogen (secondary N) is 1. The summed E-state index contributed by atoms with van der Waals surface area (Å²) >= 11 is 0. The molecule has 7 aromatic rings. The van der Waals surface area contributed by atoms with Crippen LogP contribution in [0.4, 0.5) is 0 Å². The molecule has 0 atom stereocenters. The van der Waals surface area contributed by atoms with E-state index in [4.69, 9.17) is 0 Å². The first-order chi connectivity index (χ1) is 17.9. The molecule has 2 aliphatic carbocycles. The molecule has 0 bridgehead atoms. The SMILES string of the molecule is c1ccc2c(c1)-c1ccccc1C21c2ccc3ccccc3c2-c2ccc3c([nH]c4ccccc43)c21. The zero-order valence-electron chi connectivity index (χ0n) is 19.5. The summed E-state index contributed by atoms with van der Waals surface area (Å²) in [7, 11) is 0. The quantitative estimate of drug-likeness (QED) is 0.235. The second-order valence-electron chi connectivity index (χ2n) is 10.1. The third-order valence-electron chi connectivity index (χ3n) is 8.61. The summed E-state index contributed by atoms with van der Waals surface area (Å²) in [5, 5.41) is 5.19. The Hall–Kier alpha value is -4.62. The standard InChI is InChI=1S/C35H21N/c1-2-10-22-21(9-1)17-20-30-32(22)27-19-18-26-25-13-5-8-16-31(25)36-34(26)33(27)35(30)28-14-6-3-11-23(28)24-12-4-7-15-29(24)35/h1-20,36H. The van der Waals surface area contributed by atoms with Crippen molar-refractivity contribution in [1.82, 2.24) is 4.98 Å². The number of fused-ring (bicyclic) bond motifs is 16. The molecule has 36 heavy (non-hydrogen) atoms. The first-order valence-electron chi connectivity index (χ1n) is 12.6. The van der Waals surface area contributed by atoms with Gasteiger partial charge in [-0.15, -0.1) is 0 Å². The molecule has 0 fully saturated rings. The van der Waals surface area contributed by atoms with Gasteiger partial charge >= 0.3 is 0 Å². The van der Waals surface area contributed by atoms with Gasteiger partial charge in [-0.05, 0) is 55.8 Å². The van der Waals surface area contributed by atoms with Crippen LogP contribution in [0.3, 0.4) is 0 Å². The van der Waals surface area contributed by atoms with Crippen molar-refractivity contribution in [3.63, 3.8) is 0 Å². The molecule has 0 aliphatic heterocycles. The molecule has 1 aromatic heterocycles. The average Bonchev–Trinajstić information content (AvgIpc) is 3.57. The minimum Gasteiger partial charge on any atom is -0.354 e. The highest BCUT2D eigenvalue weighted by molar-refractivity contribution is 6.15. The van der Waals surface area contributed by atoms with Crippen molar-refractivity contribution in [2.45, 2.75) is 5.41 Å². The lowest BCUT2D eigenvalue weighted by molar-refractivity contribution is 0.800. The Bertz CT molecular complexity index is 2010. The Morgan fingerprint density at radius 2 is 1.11 bits per heavy atom. The van der Waals surface area contributed by atoms with Crippen LogP contribution in [0.25, 0.3) is 54.8 Å². The zero-order valence-corrected chi connectivity index (χ0v) is 19.5. The number of aromatic nitrogens is 1. The zero-order chi connectivity index (χ0) is 23.4. The van der Waals surface area contributed by atoms with Crippen LogP contribution in [0.1, 0.15) is 22.3 Å². The third kappa shape index (κ3) is 1.98. The fourth-order valence-corrected chi connectivity index (χ4v) is 7.32. The van der Waals surface area contributed by atoms with Crippen molar-refractivity contribution in [3.05, 3.63) is 144 Å². The largest absolute Gasteiger partial charge is 0.354 e. The molecule has 0 radical (unpaired) electrons. The normalized spacial score (nSPS) is 14.3. The summed E-state index contributed by atoms with van der Waals surface area (Å²) in [6, 6.07) is 45.0. The van der Waals surface area contributed by atoms with Crippen LogP contribution < -0.4 is 0 Å². The number of hydrogen-bond donors (Lipinski definition) is 1. The van der Waals surface area contributed by atoms with Gasteiger partial charge in [0.2, 0.25) is 0 Å². The van der Waals surface area contributed by atoms with E-state index in [-0.39, 0.29) is 5.41 Å². The summed E-state index contributed by atoms with van der Waals surface area (Å²) < 4.78 is 0. The van der Waals surface area contributed by atoms with E-state index in [1.165, 1.54) is 77.1 Å². The highest BCUT2D eigenvalue weighted by Gasteiger charge is 2.53. The summed E-state index contributed by atoms with van der Waals surface area (Å²) in [6.45, 7) is 0. The van der Waals surface area contributed by atoms with Gasteiger partial charge in [0.15, 0.2) is 0 Å². The molecule has 1 spiro atoms. The minimum absolute atomic E-state index is 0.359. The topological polar surface area (TPSA) is 15.8 Å². The first-order valence-corrected chi connectivity index (χ1v) is 12.6. The van der Waals surface area contributed by atoms with Gasteiger partial charge < -0.3 is 4.98 Å². The Kier molecular flexibility index (Phi) is 3.28. The third-order valence-corrected chi connectivity index (χ3v) is 8.61. The number of H-pyrrole nitrogens is 1. The Morgan fingerprint density at radius 1 is 0.444 bits per heavy atom. The predicted molar refractivity (Wildman–Crippen MR) is 150 cm³/mol. The molecule has 0 amide bonds. The van der Waals surface area contributed by atoms with Gasteiger partial charge in [-0.3, -0.25) is 0 Å². The Balaban J connectivity index is 1.59. The van der Waals surface area contributed by atoms with Crippen molar-refractivity contribution in [2.24, 2.45) is 0 Å². The maximum atomic E-state index is 3.87. The van der Waals surface area contributed by atoms with Crippen LogP contribution in [-0.2, 0) is 5.41 Å². The van der Waals surface area contributed by atoms with E-state index in [1.807, 2.05) is 0 Å². The van der Waals surface area contributed by atoms with Crippen LogP contribution in [0.15, 0.2) is 121 Å². The van der Waals surface area contributed by atoms with Gasteiger partial charge in [0.25, 0.3) is 0 Å². The van der Waals surface area contributed by atoms with Crippen molar-refractivity contribution < 1.29 is 0 Å². The minimum atomic E-state index is -0.359. The number of aromatic amines is 1. The number of para-hydroxylation sites is 1. The second-order valence-corrected chi connectivity index (χ2v) is 10.1. The van der Waals surface area contributed by atoms with Crippen LogP contribution in [-0.4, -0.2) is 4.98 Å². The highest BCUT2D eigenvalue weighted by Crippen LogP contribution is 2.65. The van der Waals surface area contributed by atoms with Gasteiger partial charge in [0.1, 0.15) is 0 Å². The van der Waals surface area contributed by atoms with Crippen molar-refractivity contribution in [3.8, 4) is 22.3 Å². The van der Waals surface area contributed by atoms with Crippen molar-refractivity contribution in [1.29, 1.82) is 0 Å². The van der Waals surface area contributed by atoms with Crippen LogP contribution in [0.2, 0.25) is 0 Å². The molecule has 1 N–H and O–H groups in total. The molecule has 1 heteroatoms. The summed E-state index contributed by atoms with van der Waals surface area (Å²) in [4.78, 5) is 3.87. The van der Waals surface area contributed by atoms with E-state index in [9.17, 15) is 0 Å². The second kappa shape index (κ2) is 6.33. The van der Waals surface area contributed by atoms with Gasteiger partial charge in [0.05, 0.1) is 10.9 Å². The van der Waals surface area contributed by atoms with Crippen LogP contribution >= 0.6 is 0 Å². The Morgan fingerprint density at radius 3 is 1.92 bits per heavy atom. The molecule has 6 aromatic carbocycles. The molecule has 166 valence electrons. The predicted octanol–water partition coefficient (Wildman–Crippen LogP) is 8.82. The van der Waals surface area contributed by atoms with Crippen LogP contribution in [0, 0.1) is 0 Å². The molecular formula is C35H21N. The van der Waals surface area contributed by atoms with Crippen molar-refractivity contribution in [2.75, 3.05) is 0 Å². The highest BCUT2D eigenvalue weighted by atomic mass is 14.7. The van der Waals surface area contributed by atoms with E-state index in [0.717, 1.165) is 0 Å². The van der Waals surface area contributed by atoms with Gasteiger partial charge in [-0.1, -0.05) is 115 Å². The smallest absolute Gasteiger partial charge is 0.0746 e. The lowest BCUT2D eigenvalue weighted by Gasteiger charge is -2.31. The summed E-state index contributed by atoms with van der Waals surface area (Å²) in [5.41, 5.74) is 13.0. The molecule has 1 heterocycles. The Labute approximate surface area is 208 Å². The molecule has 1 nitrogen and oxygen atoms in total. The van der Waals surface area contributed by atoms with Crippen molar-refractivity contribution >= 4 is 32.6 Å². The maximum Gasteiger partial charge on any atom is 0.0746 e. The van der Waals surface area contributed by atoms with E-state index in [2.05, 4.69) is 126 Å². The van der Waals surface area contributed by atoms with Gasteiger partial charge in [0, 0.05) is 21.9 Å². The molecule has 9 rings (SSSR count). The fraction of sp³-hybridized carbons (Fsp3) is 0.0286. The average molecular weight is 456 g/mol. The number of rotatable bonds is 0.